The summed E-state index contributed by atoms with van der Waals surface area (Å²) in [6, 6.07) is 12.0. The highest BCUT2D eigenvalue weighted by Crippen LogP contribution is 2.23. The molecule has 1 aliphatic heterocycles. The molecule has 0 radical (unpaired) electrons. The van der Waals surface area contributed by atoms with Crippen molar-refractivity contribution in [3.8, 4) is 0 Å². The minimum atomic E-state index is -0.0267. The van der Waals surface area contributed by atoms with Crippen molar-refractivity contribution in [1.29, 1.82) is 0 Å². The number of urea groups is 1. The lowest BCUT2D eigenvalue weighted by Crippen LogP contribution is -2.49. The summed E-state index contributed by atoms with van der Waals surface area (Å²) in [6.45, 7) is 10.5. The van der Waals surface area contributed by atoms with E-state index >= 15 is 0 Å². The number of furan rings is 1. The standard InChI is InChI=1S/C20H27N3O2/c1-20(2,3)16-6-8-17(9-7-16)21-19(24)23-12-10-22(11-13-23)15-18-5-4-14-25-18/h4-9,14H,10-13,15H2,1-3H3,(H,21,24). The predicted molar refractivity (Wildman–Crippen MR) is 99.7 cm³/mol. The van der Waals surface area contributed by atoms with Gasteiger partial charge in [-0.05, 0) is 35.2 Å². The first-order valence-electron chi connectivity index (χ1n) is 8.83. The summed E-state index contributed by atoms with van der Waals surface area (Å²) >= 11 is 0. The summed E-state index contributed by atoms with van der Waals surface area (Å²) in [5.74, 6) is 0.969. The Kier molecular flexibility index (Phi) is 5.13. The van der Waals surface area contributed by atoms with Gasteiger partial charge in [-0.1, -0.05) is 32.9 Å². The van der Waals surface area contributed by atoms with Crippen molar-refractivity contribution in [1.82, 2.24) is 9.80 Å². The van der Waals surface area contributed by atoms with E-state index in [1.807, 2.05) is 29.2 Å². The zero-order valence-corrected chi connectivity index (χ0v) is 15.3. The van der Waals surface area contributed by atoms with Crippen molar-refractivity contribution in [3.05, 3.63) is 54.0 Å². The Balaban J connectivity index is 1.49. The van der Waals surface area contributed by atoms with Gasteiger partial charge in [0, 0.05) is 31.9 Å². The number of hydrogen-bond donors (Lipinski definition) is 1. The summed E-state index contributed by atoms with van der Waals surface area (Å²) in [7, 11) is 0. The van der Waals surface area contributed by atoms with E-state index in [0.29, 0.717) is 0 Å². The Labute approximate surface area is 149 Å². The molecule has 1 saturated heterocycles. The first-order chi connectivity index (χ1) is 11.9. The summed E-state index contributed by atoms with van der Waals surface area (Å²) < 4.78 is 5.39. The van der Waals surface area contributed by atoms with Gasteiger partial charge in [0.05, 0.1) is 12.8 Å². The van der Waals surface area contributed by atoms with Crippen LogP contribution in [0.4, 0.5) is 10.5 Å². The molecule has 2 aromatic rings. The number of carbonyl (C=O) groups is 1. The molecule has 25 heavy (non-hydrogen) atoms. The second-order valence-electron chi connectivity index (χ2n) is 7.60. The van der Waals surface area contributed by atoms with Crippen LogP contribution in [-0.4, -0.2) is 42.0 Å². The van der Waals surface area contributed by atoms with Gasteiger partial charge in [-0.3, -0.25) is 4.90 Å². The number of nitrogens with one attached hydrogen (secondary N) is 1. The molecule has 5 nitrogen and oxygen atoms in total. The van der Waals surface area contributed by atoms with Crippen LogP contribution in [0.25, 0.3) is 0 Å². The average Bonchev–Trinajstić information content (AvgIpc) is 3.08. The normalized spacial score (nSPS) is 16.0. The molecule has 0 atom stereocenters. The molecular formula is C20H27N3O2. The first-order valence-corrected chi connectivity index (χ1v) is 8.83. The third-order valence-corrected chi connectivity index (χ3v) is 4.62. The van der Waals surface area contributed by atoms with Gasteiger partial charge >= 0.3 is 6.03 Å². The third kappa shape index (κ3) is 4.63. The van der Waals surface area contributed by atoms with Gasteiger partial charge in [0.2, 0.25) is 0 Å². The molecule has 0 unspecified atom stereocenters. The van der Waals surface area contributed by atoms with Crippen LogP contribution in [0.3, 0.4) is 0 Å². The molecule has 2 heterocycles. The second-order valence-corrected chi connectivity index (χ2v) is 7.60. The molecule has 1 N–H and O–H groups in total. The van der Waals surface area contributed by atoms with E-state index in [-0.39, 0.29) is 11.4 Å². The lowest BCUT2D eigenvalue weighted by Gasteiger charge is -2.34. The van der Waals surface area contributed by atoms with Crippen molar-refractivity contribution < 1.29 is 9.21 Å². The molecule has 3 rings (SSSR count). The monoisotopic (exact) mass is 341 g/mol. The van der Waals surface area contributed by atoms with Crippen molar-refractivity contribution >= 4 is 11.7 Å². The maximum absolute atomic E-state index is 12.5. The Bertz CT molecular complexity index is 679. The Morgan fingerprint density at radius 1 is 1.08 bits per heavy atom. The smallest absolute Gasteiger partial charge is 0.321 e. The molecule has 1 aliphatic rings. The number of benzene rings is 1. The number of piperazine rings is 1. The topological polar surface area (TPSA) is 48.7 Å². The first kappa shape index (κ1) is 17.5. The zero-order chi connectivity index (χ0) is 17.9. The summed E-state index contributed by atoms with van der Waals surface area (Å²) in [5, 5.41) is 3.00. The molecule has 5 heteroatoms. The van der Waals surface area contributed by atoms with Gasteiger partial charge in [-0.2, -0.15) is 0 Å². The maximum Gasteiger partial charge on any atom is 0.321 e. The predicted octanol–water partition coefficient (Wildman–Crippen LogP) is 3.93. The lowest BCUT2D eigenvalue weighted by molar-refractivity contribution is 0.137. The van der Waals surface area contributed by atoms with Gasteiger partial charge < -0.3 is 14.6 Å². The van der Waals surface area contributed by atoms with Gasteiger partial charge in [0.1, 0.15) is 5.76 Å². The number of carbonyl (C=O) groups excluding carboxylic acids is 1. The van der Waals surface area contributed by atoms with Gasteiger partial charge in [-0.25, -0.2) is 4.79 Å². The second kappa shape index (κ2) is 7.31. The van der Waals surface area contributed by atoms with Gasteiger partial charge in [-0.15, -0.1) is 0 Å². The SMILES string of the molecule is CC(C)(C)c1ccc(NC(=O)N2CCN(Cc3ccco3)CC2)cc1. The molecule has 0 aliphatic carbocycles. The fourth-order valence-electron chi connectivity index (χ4n) is 2.99. The van der Waals surface area contributed by atoms with Crippen molar-refractivity contribution in [2.24, 2.45) is 0 Å². The number of anilines is 1. The minimum absolute atomic E-state index is 0.0267. The molecule has 134 valence electrons. The maximum atomic E-state index is 12.5. The van der Waals surface area contributed by atoms with Crippen LogP contribution in [-0.2, 0) is 12.0 Å². The van der Waals surface area contributed by atoms with E-state index in [9.17, 15) is 4.79 Å². The van der Waals surface area contributed by atoms with E-state index in [0.717, 1.165) is 44.2 Å². The van der Waals surface area contributed by atoms with Crippen LogP contribution < -0.4 is 5.32 Å². The van der Waals surface area contributed by atoms with E-state index in [1.165, 1.54) is 5.56 Å². The zero-order valence-electron chi connectivity index (χ0n) is 15.3. The number of amides is 2. The fourth-order valence-corrected chi connectivity index (χ4v) is 2.99. The highest BCUT2D eigenvalue weighted by atomic mass is 16.3. The van der Waals surface area contributed by atoms with Crippen LogP contribution in [0.1, 0.15) is 32.1 Å². The van der Waals surface area contributed by atoms with Gasteiger partial charge in [0.25, 0.3) is 0 Å². The number of hydrogen-bond acceptors (Lipinski definition) is 3. The lowest BCUT2D eigenvalue weighted by atomic mass is 9.87. The number of nitrogens with zero attached hydrogens (tertiary/aromatic N) is 2. The molecule has 0 saturated carbocycles. The van der Waals surface area contributed by atoms with E-state index in [1.54, 1.807) is 6.26 Å². The molecular weight excluding hydrogens is 314 g/mol. The van der Waals surface area contributed by atoms with Crippen molar-refractivity contribution in [3.63, 3.8) is 0 Å². The molecule has 1 fully saturated rings. The van der Waals surface area contributed by atoms with Gasteiger partial charge in [0.15, 0.2) is 0 Å². The Morgan fingerprint density at radius 3 is 2.32 bits per heavy atom. The molecule has 1 aromatic carbocycles. The van der Waals surface area contributed by atoms with E-state index in [2.05, 4.69) is 43.1 Å². The highest BCUT2D eigenvalue weighted by molar-refractivity contribution is 5.89. The van der Waals surface area contributed by atoms with Crippen molar-refractivity contribution in [2.45, 2.75) is 32.7 Å². The van der Waals surface area contributed by atoms with E-state index in [4.69, 9.17) is 4.42 Å². The summed E-state index contributed by atoms with van der Waals surface area (Å²) in [5.41, 5.74) is 2.22. The highest BCUT2D eigenvalue weighted by Gasteiger charge is 2.22. The summed E-state index contributed by atoms with van der Waals surface area (Å²) in [6.07, 6.45) is 1.70. The third-order valence-electron chi connectivity index (χ3n) is 4.62. The molecule has 1 aromatic heterocycles. The van der Waals surface area contributed by atoms with Crippen LogP contribution in [0.2, 0.25) is 0 Å². The quantitative estimate of drug-likeness (QED) is 0.920. The molecule has 0 bridgehead atoms. The number of rotatable bonds is 3. The van der Waals surface area contributed by atoms with Crippen LogP contribution >= 0.6 is 0 Å². The largest absolute Gasteiger partial charge is 0.468 e. The fraction of sp³-hybridized carbons (Fsp3) is 0.450. The molecule has 0 spiro atoms. The van der Waals surface area contributed by atoms with Crippen LogP contribution in [0.15, 0.2) is 47.1 Å². The minimum Gasteiger partial charge on any atom is -0.468 e. The van der Waals surface area contributed by atoms with Crippen LogP contribution in [0.5, 0.6) is 0 Å². The molecule has 2 amide bonds. The van der Waals surface area contributed by atoms with Crippen molar-refractivity contribution in [2.75, 3.05) is 31.5 Å². The Hall–Kier alpha value is -2.27. The average molecular weight is 341 g/mol. The van der Waals surface area contributed by atoms with Crippen LogP contribution in [0, 0.1) is 0 Å². The Morgan fingerprint density at radius 2 is 1.76 bits per heavy atom. The van der Waals surface area contributed by atoms with E-state index < -0.39 is 0 Å². The summed E-state index contributed by atoms with van der Waals surface area (Å²) in [4.78, 5) is 16.6.